The molecule has 2 N–H and O–H groups in total. The van der Waals surface area contributed by atoms with Crippen molar-refractivity contribution in [3.05, 3.63) is 69.7 Å². The Morgan fingerprint density at radius 3 is 2.17 bits per heavy atom. The van der Waals surface area contributed by atoms with Gasteiger partial charge in [0.1, 0.15) is 0 Å². The molecule has 94 valence electrons. The quantitative estimate of drug-likeness (QED) is 0.906. The molecule has 2 rings (SSSR count). The Hall–Kier alpha value is -1.12. The zero-order valence-electron chi connectivity index (χ0n) is 10.6. The molecule has 0 aliphatic carbocycles. The number of benzene rings is 2. The van der Waals surface area contributed by atoms with E-state index in [2.05, 4.69) is 71.4 Å². The lowest BCUT2D eigenvalue weighted by Crippen LogP contribution is -2.15. The number of rotatable bonds is 4. The summed E-state index contributed by atoms with van der Waals surface area (Å²) >= 11 is 3.46. The Labute approximate surface area is 117 Å². The van der Waals surface area contributed by atoms with E-state index in [0.29, 0.717) is 12.5 Å². The van der Waals surface area contributed by atoms with Crippen molar-refractivity contribution in [2.75, 3.05) is 6.54 Å². The number of nitrogens with two attached hydrogens (primary N) is 1. The largest absolute Gasteiger partial charge is 0.330 e. The van der Waals surface area contributed by atoms with Gasteiger partial charge in [-0.25, -0.2) is 0 Å². The molecule has 0 radical (unpaired) electrons. The summed E-state index contributed by atoms with van der Waals surface area (Å²) in [4.78, 5) is 0. The molecule has 2 heteroatoms. The fraction of sp³-hybridized carbons (Fsp3) is 0.250. The fourth-order valence-corrected chi connectivity index (χ4v) is 2.35. The Morgan fingerprint density at radius 1 is 1.00 bits per heavy atom. The van der Waals surface area contributed by atoms with Gasteiger partial charge in [-0.1, -0.05) is 57.9 Å². The third-order valence-electron chi connectivity index (χ3n) is 3.23. The van der Waals surface area contributed by atoms with Crippen molar-refractivity contribution in [1.82, 2.24) is 0 Å². The molecule has 2 aromatic carbocycles. The van der Waals surface area contributed by atoms with E-state index < -0.39 is 0 Å². The molecule has 0 spiro atoms. The van der Waals surface area contributed by atoms with Crippen LogP contribution >= 0.6 is 15.9 Å². The zero-order chi connectivity index (χ0) is 13.0. The van der Waals surface area contributed by atoms with Crippen LogP contribution in [-0.2, 0) is 6.42 Å². The molecule has 0 aliphatic rings. The first kappa shape index (κ1) is 13.3. The maximum atomic E-state index is 5.91. The van der Waals surface area contributed by atoms with Crippen LogP contribution in [-0.4, -0.2) is 6.54 Å². The molecule has 0 aliphatic heterocycles. The van der Waals surface area contributed by atoms with E-state index in [0.717, 1.165) is 10.9 Å². The van der Waals surface area contributed by atoms with Gasteiger partial charge in [0.25, 0.3) is 0 Å². The molecule has 0 saturated carbocycles. The zero-order valence-corrected chi connectivity index (χ0v) is 12.2. The molecule has 2 aromatic rings. The Bertz CT molecular complexity index is 488. The van der Waals surface area contributed by atoms with Gasteiger partial charge in [0.05, 0.1) is 0 Å². The van der Waals surface area contributed by atoms with Gasteiger partial charge in [0.2, 0.25) is 0 Å². The second-order valence-corrected chi connectivity index (χ2v) is 5.59. The number of halogens is 1. The Morgan fingerprint density at radius 2 is 1.61 bits per heavy atom. The van der Waals surface area contributed by atoms with Gasteiger partial charge in [-0.2, -0.15) is 0 Å². The normalized spacial score (nSPS) is 12.4. The molecule has 0 bridgehead atoms. The molecule has 0 saturated heterocycles. The molecule has 0 fully saturated rings. The lowest BCUT2D eigenvalue weighted by atomic mass is 9.91. The van der Waals surface area contributed by atoms with Gasteiger partial charge in [-0.15, -0.1) is 0 Å². The van der Waals surface area contributed by atoms with E-state index in [4.69, 9.17) is 5.73 Å². The molecule has 1 atom stereocenters. The second-order valence-electron chi connectivity index (χ2n) is 4.67. The Balaban J connectivity index is 2.14. The summed E-state index contributed by atoms with van der Waals surface area (Å²) < 4.78 is 1.12. The highest BCUT2D eigenvalue weighted by Gasteiger charge is 2.10. The highest BCUT2D eigenvalue weighted by atomic mass is 79.9. The van der Waals surface area contributed by atoms with Gasteiger partial charge >= 0.3 is 0 Å². The van der Waals surface area contributed by atoms with E-state index in [1.165, 1.54) is 16.7 Å². The lowest BCUT2D eigenvalue weighted by Gasteiger charge is -2.15. The van der Waals surface area contributed by atoms with Crippen molar-refractivity contribution in [2.24, 2.45) is 5.73 Å². The monoisotopic (exact) mass is 303 g/mol. The van der Waals surface area contributed by atoms with Crippen molar-refractivity contribution in [1.29, 1.82) is 0 Å². The lowest BCUT2D eigenvalue weighted by molar-refractivity contribution is 0.694. The van der Waals surface area contributed by atoms with Crippen molar-refractivity contribution < 1.29 is 0 Å². The van der Waals surface area contributed by atoms with E-state index >= 15 is 0 Å². The molecule has 18 heavy (non-hydrogen) atoms. The smallest absolute Gasteiger partial charge is 0.0175 e. The van der Waals surface area contributed by atoms with Crippen molar-refractivity contribution >= 4 is 15.9 Å². The van der Waals surface area contributed by atoms with Crippen LogP contribution in [0.5, 0.6) is 0 Å². The summed E-state index contributed by atoms with van der Waals surface area (Å²) in [7, 11) is 0. The van der Waals surface area contributed by atoms with Gasteiger partial charge in [0, 0.05) is 10.4 Å². The minimum Gasteiger partial charge on any atom is -0.330 e. The van der Waals surface area contributed by atoms with Crippen molar-refractivity contribution in [2.45, 2.75) is 19.3 Å². The summed E-state index contributed by atoms with van der Waals surface area (Å²) in [6, 6.07) is 17.1. The second kappa shape index (κ2) is 6.17. The summed E-state index contributed by atoms with van der Waals surface area (Å²) in [6.07, 6.45) is 0.993. The topological polar surface area (TPSA) is 26.0 Å². The van der Waals surface area contributed by atoms with Gasteiger partial charge in [-0.05, 0) is 43.1 Å². The molecular formula is C16H18BrN. The highest BCUT2D eigenvalue weighted by Crippen LogP contribution is 2.21. The van der Waals surface area contributed by atoms with Crippen LogP contribution in [0.1, 0.15) is 22.6 Å². The first-order chi connectivity index (χ1) is 8.69. The SMILES string of the molecule is Cc1ccc(C(CN)Cc2ccc(Br)cc2)cc1. The maximum absolute atomic E-state index is 5.91. The van der Waals surface area contributed by atoms with Crippen molar-refractivity contribution in [3.8, 4) is 0 Å². The predicted molar refractivity (Wildman–Crippen MR) is 80.8 cm³/mol. The maximum Gasteiger partial charge on any atom is 0.0175 e. The van der Waals surface area contributed by atoms with Crippen LogP contribution in [0, 0.1) is 6.92 Å². The molecule has 1 nitrogen and oxygen atoms in total. The van der Waals surface area contributed by atoms with E-state index in [9.17, 15) is 0 Å². The van der Waals surface area contributed by atoms with Gasteiger partial charge in [-0.3, -0.25) is 0 Å². The van der Waals surface area contributed by atoms with Crippen LogP contribution in [0.15, 0.2) is 53.0 Å². The average Bonchev–Trinajstić information content (AvgIpc) is 2.39. The van der Waals surface area contributed by atoms with Crippen LogP contribution < -0.4 is 5.73 Å². The minimum absolute atomic E-state index is 0.395. The molecule has 1 unspecified atom stereocenters. The third kappa shape index (κ3) is 3.44. The summed E-state index contributed by atoms with van der Waals surface area (Å²) in [5, 5.41) is 0. The van der Waals surface area contributed by atoms with E-state index in [1.807, 2.05) is 0 Å². The van der Waals surface area contributed by atoms with E-state index in [-0.39, 0.29) is 0 Å². The molecule has 0 aromatic heterocycles. The standard InChI is InChI=1S/C16H18BrN/c1-12-2-6-14(7-3-12)15(11-18)10-13-4-8-16(17)9-5-13/h2-9,15H,10-11,18H2,1H3. The number of hydrogen-bond donors (Lipinski definition) is 1. The summed E-state index contributed by atoms with van der Waals surface area (Å²) in [6.45, 7) is 2.79. The van der Waals surface area contributed by atoms with Gasteiger partial charge < -0.3 is 5.73 Å². The Kier molecular flexibility index (Phi) is 4.56. The molecular weight excluding hydrogens is 286 g/mol. The molecule has 0 amide bonds. The number of hydrogen-bond acceptors (Lipinski definition) is 1. The minimum atomic E-state index is 0.395. The van der Waals surface area contributed by atoms with E-state index in [1.54, 1.807) is 0 Å². The summed E-state index contributed by atoms with van der Waals surface area (Å²) in [5.74, 6) is 0.395. The van der Waals surface area contributed by atoms with Crippen LogP contribution in [0.3, 0.4) is 0 Å². The predicted octanol–water partition coefficient (Wildman–Crippen LogP) is 4.04. The van der Waals surface area contributed by atoms with Crippen LogP contribution in [0.4, 0.5) is 0 Å². The fourth-order valence-electron chi connectivity index (χ4n) is 2.08. The van der Waals surface area contributed by atoms with Crippen molar-refractivity contribution in [3.63, 3.8) is 0 Å². The first-order valence-electron chi connectivity index (χ1n) is 6.20. The van der Waals surface area contributed by atoms with Crippen LogP contribution in [0.25, 0.3) is 0 Å². The first-order valence-corrected chi connectivity index (χ1v) is 6.99. The third-order valence-corrected chi connectivity index (χ3v) is 3.76. The average molecular weight is 304 g/mol. The van der Waals surface area contributed by atoms with Crippen LogP contribution in [0.2, 0.25) is 0 Å². The number of aryl methyl sites for hydroxylation is 1. The van der Waals surface area contributed by atoms with Gasteiger partial charge in [0.15, 0.2) is 0 Å². The highest BCUT2D eigenvalue weighted by molar-refractivity contribution is 9.10. The summed E-state index contributed by atoms with van der Waals surface area (Å²) in [5.41, 5.74) is 9.85. The molecule has 0 heterocycles.